The van der Waals surface area contributed by atoms with Gasteiger partial charge >= 0.3 is 0 Å². The zero-order valence-corrected chi connectivity index (χ0v) is 23.8. The van der Waals surface area contributed by atoms with Gasteiger partial charge in [-0.2, -0.15) is 10.4 Å². The molecule has 42 heavy (non-hydrogen) atoms. The van der Waals surface area contributed by atoms with E-state index in [4.69, 9.17) is 4.74 Å². The molecule has 1 unspecified atom stereocenters. The summed E-state index contributed by atoms with van der Waals surface area (Å²) in [7, 11) is 0. The molecule has 1 aliphatic heterocycles. The maximum atomic E-state index is 14.4. The Hall–Kier alpha value is -4.08. The molecule has 5 rings (SSSR count). The fourth-order valence-electron chi connectivity index (χ4n) is 5.42. The van der Waals surface area contributed by atoms with Gasteiger partial charge in [0.2, 0.25) is 5.91 Å². The van der Waals surface area contributed by atoms with Crippen molar-refractivity contribution in [2.75, 3.05) is 38.2 Å². The molecule has 0 radical (unpaired) electrons. The Morgan fingerprint density at radius 3 is 2.62 bits per heavy atom. The lowest BCUT2D eigenvalue weighted by Crippen LogP contribution is -2.45. The highest BCUT2D eigenvalue weighted by Crippen LogP contribution is 2.31. The van der Waals surface area contributed by atoms with E-state index in [1.165, 1.54) is 26.2 Å². The third kappa shape index (κ3) is 6.53. The van der Waals surface area contributed by atoms with Crippen molar-refractivity contribution >= 4 is 23.0 Å². The number of hydrogen-bond donors (Lipinski definition) is 3. The van der Waals surface area contributed by atoms with Crippen LogP contribution in [0, 0.1) is 17.2 Å². The van der Waals surface area contributed by atoms with Crippen molar-refractivity contribution in [3.63, 3.8) is 0 Å². The monoisotopic (exact) mass is 577 g/mol. The summed E-state index contributed by atoms with van der Waals surface area (Å²) in [6.45, 7) is 4.75. The van der Waals surface area contributed by atoms with Gasteiger partial charge in [-0.3, -0.25) is 14.6 Å². The average Bonchev–Trinajstić information content (AvgIpc) is 3.43. The number of fused-ring (bicyclic) bond motifs is 1. The second-order valence-corrected chi connectivity index (χ2v) is 11.5. The third-order valence-electron chi connectivity index (χ3n) is 8.01. The number of amides is 2. The van der Waals surface area contributed by atoms with E-state index < -0.39 is 17.7 Å². The van der Waals surface area contributed by atoms with Crippen LogP contribution in [0.25, 0.3) is 16.9 Å². The number of hydrogen-bond acceptors (Lipinski definition) is 8. The zero-order valence-electron chi connectivity index (χ0n) is 23.8. The van der Waals surface area contributed by atoms with Crippen molar-refractivity contribution in [2.24, 2.45) is 5.92 Å². The first kappa shape index (κ1) is 29.4. The first-order chi connectivity index (χ1) is 20.1. The highest BCUT2D eigenvalue weighted by molar-refractivity contribution is 6.00. The zero-order chi connectivity index (χ0) is 29.9. The average molecular weight is 578 g/mol. The van der Waals surface area contributed by atoms with E-state index in [1.54, 1.807) is 16.6 Å². The molecule has 0 bridgehead atoms. The van der Waals surface area contributed by atoms with Gasteiger partial charge < -0.3 is 25.4 Å². The minimum atomic E-state index is -1.65. The smallest absolute Gasteiger partial charge is 0.255 e. The lowest BCUT2D eigenvalue weighted by atomic mass is 9.85. The van der Waals surface area contributed by atoms with E-state index in [0.29, 0.717) is 48.9 Å². The molecular weight excluding hydrogens is 541 g/mol. The number of anilines is 1. The summed E-state index contributed by atoms with van der Waals surface area (Å²) >= 11 is 0. The Balaban J connectivity index is 1.36. The molecule has 11 nitrogen and oxygen atoms in total. The predicted octanol–water partition coefficient (Wildman–Crippen LogP) is 2.94. The van der Waals surface area contributed by atoms with Crippen LogP contribution in [0.15, 0.2) is 36.7 Å². The van der Waals surface area contributed by atoms with Gasteiger partial charge in [0, 0.05) is 31.2 Å². The number of nitriles is 1. The summed E-state index contributed by atoms with van der Waals surface area (Å²) in [5, 5.41) is 29.6. The first-order valence-electron chi connectivity index (χ1n) is 14.3. The van der Waals surface area contributed by atoms with Crippen molar-refractivity contribution in [2.45, 2.75) is 57.3 Å². The SMILES string of the molecule is CC(C)(O)C(F)CNC(=O)c1cnc(-c2ccc3cc(C#N)cnn23)cc1NC1CCC(C(=O)N2CCOCC2)CC1. The summed E-state index contributed by atoms with van der Waals surface area (Å²) in [4.78, 5) is 32.6. The third-order valence-corrected chi connectivity index (χ3v) is 8.01. The van der Waals surface area contributed by atoms with E-state index in [9.17, 15) is 24.3 Å². The van der Waals surface area contributed by atoms with Crippen molar-refractivity contribution in [3.8, 4) is 17.5 Å². The number of aliphatic hydroxyl groups is 1. The van der Waals surface area contributed by atoms with Crippen LogP contribution in [0.4, 0.5) is 10.1 Å². The lowest BCUT2D eigenvalue weighted by Gasteiger charge is -2.34. The number of nitrogens with one attached hydrogen (secondary N) is 2. The van der Waals surface area contributed by atoms with Crippen LogP contribution in [-0.4, -0.2) is 87.1 Å². The molecule has 12 heteroatoms. The number of pyridine rings is 1. The molecule has 3 aromatic rings. The Bertz CT molecular complexity index is 1480. The Morgan fingerprint density at radius 1 is 1.19 bits per heavy atom. The summed E-state index contributed by atoms with van der Waals surface area (Å²) < 4.78 is 21.4. The number of carbonyl (C=O) groups excluding carboxylic acids is 2. The quantitative estimate of drug-likeness (QED) is 0.371. The summed E-state index contributed by atoms with van der Waals surface area (Å²) in [6, 6.07) is 9.28. The van der Waals surface area contributed by atoms with Crippen LogP contribution in [0.1, 0.15) is 55.5 Å². The van der Waals surface area contributed by atoms with E-state index >= 15 is 0 Å². The fourth-order valence-corrected chi connectivity index (χ4v) is 5.42. The fraction of sp³-hybridized carbons (Fsp3) is 0.500. The molecule has 0 aromatic carbocycles. The number of nitrogens with zero attached hydrogens (tertiary/aromatic N) is 5. The van der Waals surface area contributed by atoms with E-state index in [2.05, 4.69) is 26.8 Å². The lowest BCUT2D eigenvalue weighted by molar-refractivity contribution is -0.140. The molecule has 222 valence electrons. The second kappa shape index (κ2) is 12.4. The van der Waals surface area contributed by atoms with Crippen LogP contribution in [0.5, 0.6) is 0 Å². The van der Waals surface area contributed by atoms with Crippen molar-refractivity contribution in [1.29, 1.82) is 5.26 Å². The minimum Gasteiger partial charge on any atom is -0.387 e. The van der Waals surface area contributed by atoms with Crippen LogP contribution < -0.4 is 10.6 Å². The Morgan fingerprint density at radius 2 is 1.93 bits per heavy atom. The number of halogens is 1. The first-order valence-corrected chi connectivity index (χ1v) is 14.3. The molecule has 0 spiro atoms. The normalized spacial score (nSPS) is 20.1. The Kier molecular flexibility index (Phi) is 8.70. The van der Waals surface area contributed by atoms with Crippen molar-refractivity contribution < 1.29 is 23.8 Å². The summed E-state index contributed by atoms with van der Waals surface area (Å²) in [5.74, 6) is -0.365. The largest absolute Gasteiger partial charge is 0.387 e. The molecule has 1 aliphatic carbocycles. The highest BCUT2D eigenvalue weighted by atomic mass is 19.1. The summed E-state index contributed by atoms with van der Waals surface area (Å²) in [5.41, 5.74) is 1.58. The van der Waals surface area contributed by atoms with Crippen LogP contribution >= 0.6 is 0 Å². The maximum Gasteiger partial charge on any atom is 0.255 e. The molecule has 2 amide bonds. The van der Waals surface area contributed by atoms with Crippen LogP contribution in [-0.2, 0) is 9.53 Å². The molecule has 4 heterocycles. The van der Waals surface area contributed by atoms with Gasteiger partial charge in [0.05, 0.1) is 65.3 Å². The van der Waals surface area contributed by atoms with Gasteiger partial charge in [-0.25, -0.2) is 8.91 Å². The highest BCUT2D eigenvalue weighted by Gasteiger charge is 2.31. The standard InChI is InChI=1S/C30H36FN7O4/c1-30(2,41)27(31)18-34-28(39)23-17-33-25(26-8-7-22-13-19(15-32)16-35-38(22)26)14-24(23)36-21-5-3-20(4-6-21)29(40)37-9-11-42-12-10-37/h7-8,13-14,16-17,20-21,27,41H,3-6,9-12,18H2,1-2H3,(H,33,36)(H,34,39). The number of rotatable bonds is 8. The number of alkyl halides is 1. The molecule has 2 aliphatic rings. The van der Waals surface area contributed by atoms with Crippen LogP contribution in [0.3, 0.4) is 0 Å². The topological polar surface area (TPSA) is 145 Å². The number of carbonyl (C=O) groups is 2. The number of ether oxygens (including phenoxy) is 1. The Labute approximate surface area is 243 Å². The van der Waals surface area contributed by atoms with Crippen molar-refractivity contribution in [3.05, 3.63) is 47.8 Å². The van der Waals surface area contributed by atoms with Crippen LogP contribution in [0.2, 0.25) is 0 Å². The molecule has 1 atom stereocenters. The minimum absolute atomic E-state index is 0.0196. The number of morpholine rings is 1. The molecule has 3 aromatic heterocycles. The van der Waals surface area contributed by atoms with Gasteiger partial charge in [0.15, 0.2) is 0 Å². The van der Waals surface area contributed by atoms with Gasteiger partial charge in [-0.15, -0.1) is 0 Å². The number of aromatic nitrogens is 3. The van der Waals surface area contributed by atoms with E-state index in [-0.39, 0.29) is 30.0 Å². The molecule has 2 fully saturated rings. The van der Waals surface area contributed by atoms with E-state index in [0.717, 1.165) is 31.2 Å². The van der Waals surface area contributed by atoms with Gasteiger partial charge in [-0.1, -0.05) is 0 Å². The van der Waals surface area contributed by atoms with Gasteiger partial charge in [0.25, 0.3) is 5.91 Å². The molecule has 1 saturated heterocycles. The van der Waals surface area contributed by atoms with E-state index in [1.807, 2.05) is 17.0 Å². The molecular formula is C30H36FN7O4. The second-order valence-electron chi connectivity index (χ2n) is 11.5. The maximum absolute atomic E-state index is 14.4. The van der Waals surface area contributed by atoms with Gasteiger partial charge in [0.1, 0.15) is 12.2 Å². The predicted molar refractivity (Wildman–Crippen MR) is 153 cm³/mol. The summed E-state index contributed by atoms with van der Waals surface area (Å²) in [6.07, 6.45) is 4.23. The molecule has 1 saturated carbocycles. The molecule has 3 N–H and O–H groups in total. The van der Waals surface area contributed by atoms with Gasteiger partial charge in [-0.05, 0) is 63.8 Å². The van der Waals surface area contributed by atoms with Crippen molar-refractivity contribution in [1.82, 2.24) is 24.8 Å².